The molecule has 6 nitrogen and oxygen atoms in total. The van der Waals surface area contributed by atoms with Crippen LogP contribution in [0.1, 0.15) is 61.7 Å². The molecule has 28 heavy (non-hydrogen) atoms. The molecule has 1 saturated carbocycles. The van der Waals surface area contributed by atoms with Crippen LogP contribution in [0.2, 0.25) is 0 Å². The molecule has 2 N–H and O–H groups in total. The summed E-state index contributed by atoms with van der Waals surface area (Å²) in [6.45, 7) is 2.02. The third-order valence-corrected chi connectivity index (χ3v) is 6.09. The Kier molecular flexibility index (Phi) is 7.08. The molecule has 2 aliphatic rings. The molecular weight excluding hydrogens is 374 g/mol. The van der Waals surface area contributed by atoms with E-state index in [1.165, 1.54) is 5.56 Å². The predicted octanol–water partition coefficient (Wildman–Crippen LogP) is 3.62. The van der Waals surface area contributed by atoms with E-state index in [-0.39, 0.29) is 24.2 Å². The highest BCUT2D eigenvalue weighted by atomic mass is 35.5. The molecule has 1 aromatic carbocycles. The highest BCUT2D eigenvalue weighted by Gasteiger charge is 2.28. The number of aromatic nitrogens is 3. The van der Waals surface area contributed by atoms with E-state index in [2.05, 4.69) is 51.0 Å². The summed E-state index contributed by atoms with van der Waals surface area (Å²) in [7, 11) is 1.86. The van der Waals surface area contributed by atoms with Gasteiger partial charge in [0.15, 0.2) is 5.82 Å². The lowest BCUT2D eigenvalue weighted by molar-refractivity contribution is -0.120. The lowest BCUT2D eigenvalue weighted by Crippen LogP contribution is -2.28. The van der Waals surface area contributed by atoms with Gasteiger partial charge < -0.3 is 5.32 Å². The summed E-state index contributed by atoms with van der Waals surface area (Å²) < 4.78 is 1.71. The molecule has 0 atom stereocenters. The van der Waals surface area contributed by atoms with E-state index in [0.717, 1.165) is 57.4 Å². The minimum absolute atomic E-state index is 0. The smallest absolute Gasteiger partial charge is 0.229 e. The van der Waals surface area contributed by atoms with Crippen molar-refractivity contribution in [3.63, 3.8) is 0 Å². The monoisotopic (exact) mass is 403 g/mol. The average molecular weight is 404 g/mol. The van der Waals surface area contributed by atoms with Crippen LogP contribution in [-0.2, 0) is 11.8 Å². The van der Waals surface area contributed by atoms with Gasteiger partial charge in [0, 0.05) is 18.9 Å². The fraction of sp³-hybridized carbons (Fsp3) is 0.571. The Morgan fingerprint density at radius 1 is 1.04 bits per heavy atom. The second kappa shape index (κ2) is 9.52. The molecule has 2 aromatic rings. The van der Waals surface area contributed by atoms with E-state index in [1.54, 1.807) is 4.68 Å². The molecule has 0 bridgehead atoms. The number of benzene rings is 1. The van der Waals surface area contributed by atoms with E-state index in [9.17, 15) is 4.79 Å². The topological polar surface area (TPSA) is 71.8 Å². The highest BCUT2D eigenvalue weighted by molar-refractivity contribution is 5.91. The third-order valence-electron chi connectivity index (χ3n) is 6.09. The first kappa shape index (κ1) is 20.8. The molecule has 1 aliphatic carbocycles. The summed E-state index contributed by atoms with van der Waals surface area (Å²) in [4.78, 5) is 17.4. The molecular formula is C21H30ClN5O. The van der Waals surface area contributed by atoms with Crippen molar-refractivity contribution in [1.29, 1.82) is 0 Å². The number of amides is 1. The van der Waals surface area contributed by atoms with Gasteiger partial charge in [-0.05, 0) is 63.1 Å². The van der Waals surface area contributed by atoms with Crippen molar-refractivity contribution in [2.45, 2.75) is 50.4 Å². The normalized spacial score (nSPS) is 23.0. The third kappa shape index (κ3) is 4.73. The Balaban J connectivity index is 0.00000225. The molecule has 152 valence electrons. The fourth-order valence-corrected chi connectivity index (χ4v) is 4.39. The number of piperidine rings is 1. The van der Waals surface area contributed by atoms with Gasteiger partial charge in [-0.25, -0.2) is 4.68 Å². The van der Waals surface area contributed by atoms with Crippen LogP contribution in [-0.4, -0.2) is 33.8 Å². The van der Waals surface area contributed by atoms with Gasteiger partial charge in [-0.2, -0.15) is 10.1 Å². The van der Waals surface area contributed by atoms with Gasteiger partial charge in [0.05, 0.1) is 0 Å². The Hall–Kier alpha value is -1.92. The van der Waals surface area contributed by atoms with E-state index in [4.69, 9.17) is 0 Å². The minimum Gasteiger partial charge on any atom is -0.317 e. The van der Waals surface area contributed by atoms with Gasteiger partial charge in [-0.15, -0.1) is 12.4 Å². The first-order chi connectivity index (χ1) is 13.2. The summed E-state index contributed by atoms with van der Waals surface area (Å²) in [5.74, 6) is 2.58. The van der Waals surface area contributed by atoms with Crippen molar-refractivity contribution in [3.8, 4) is 0 Å². The van der Waals surface area contributed by atoms with Crippen LogP contribution in [0.5, 0.6) is 0 Å². The average Bonchev–Trinajstić information content (AvgIpc) is 3.10. The number of carbonyl (C=O) groups excluding carboxylic acids is 1. The number of nitrogens with one attached hydrogen (secondary N) is 2. The number of nitrogens with zero attached hydrogens (tertiary/aromatic N) is 3. The number of carbonyl (C=O) groups is 1. The zero-order valence-electron chi connectivity index (χ0n) is 16.4. The standard InChI is InChI=1S/C21H29N5O.ClH/c1-26-21(23-19(25-26)17-11-13-22-14-12-17)24-20(27)18-9-7-16(8-10-18)15-5-3-2-4-6-15;/h2-6,16-18,22H,7-14H2,1H3,(H,23,24,25,27);1H. The zero-order valence-corrected chi connectivity index (χ0v) is 17.3. The lowest BCUT2D eigenvalue weighted by atomic mass is 9.78. The summed E-state index contributed by atoms with van der Waals surface area (Å²) in [5, 5.41) is 10.9. The quantitative estimate of drug-likeness (QED) is 0.817. The number of rotatable bonds is 4. The molecule has 1 aromatic heterocycles. The number of hydrogen-bond donors (Lipinski definition) is 2. The first-order valence-electron chi connectivity index (χ1n) is 10.2. The van der Waals surface area contributed by atoms with Gasteiger partial charge in [-0.3, -0.25) is 10.1 Å². The number of anilines is 1. The molecule has 7 heteroatoms. The van der Waals surface area contributed by atoms with Gasteiger partial charge in [0.1, 0.15) is 0 Å². The Bertz CT molecular complexity index is 764. The van der Waals surface area contributed by atoms with Gasteiger partial charge in [0.25, 0.3) is 0 Å². The lowest BCUT2D eigenvalue weighted by Gasteiger charge is -2.27. The number of halogens is 1. The van der Waals surface area contributed by atoms with Crippen molar-refractivity contribution >= 4 is 24.3 Å². The second-order valence-corrected chi connectivity index (χ2v) is 7.89. The molecule has 2 fully saturated rings. The molecule has 2 heterocycles. The van der Waals surface area contributed by atoms with Crippen molar-refractivity contribution < 1.29 is 4.79 Å². The summed E-state index contributed by atoms with van der Waals surface area (Å²) in [6.07, 6.45) is 6.12. The highest BCUT2D eigenvalue weighted by Crippen LogP contribution is 2.36. The van der Waals surface area contributed by atoms with Crippen molar-refractivity contribution in [2.24, 2.45) is 13.0 Å². The maximum absolute atomic E-state index is 12.7. The molecule has 0 unspecified atom stereocenters. The van der Waals surface area contributed by atoms with Crippen LogP contribution < -0.4 is 10.6 Å². The van der Waals surface area contributed by atoms with Crippen LogP contribution in [0.4, 0.5) is 5.95 Å². The summed E-state index contributed by atoms with van der Waals surface area (Å²) in [6, 6.07) is 10.7. The summed E-state index contributed by atoms with van der Waals surface area (Å²) >= 11 is 0. The second-order valence-electron chi connectivity index (χ2n) is 7.89. The zero-order chi connectivity index (χ0) is 18.6. The van der Waals surface area contributed by atoms with Crippen molar-refractivity contribution in [2.75, 3.05) is 18.4 Å². The number of hydrogen-bond acceptors (Lipinski definition) is 4. The molecule has 0 radical (unpaired) electrons. The van der Waals surface area contributed by atoms with Crippen LogP contribution in [0.3, 0.4) is 0 Å². The van der Waals surface area contributed by atoms with Gasteiger partial charge >= 0.3 is 0 Å². The van der Waals surface area contributed by atoms with Crippen molar-refractivity contribution in [3.05, 3.63) is 41.7 Å². The van der Waals surface area contributed by atoms with Gasteiger partial charge in [0.2, 0.25) is 11.9 Å². The molecule has 1 saturated heterocycles. The van der Waals surface area contributed by atoms with E-state index < -0.39 is 0 Å². The van der Waals surface area contributed by atoms with Crippen LogP contribution in [0.25, 0.3) is 0 Å². The Morgan fingerprint density at radius 2 is 1.71 bits per heavy atom. The minimum atomic E-state index is 0. The SMILES string of the molecule is Cl.Cn1nc(C2CCNCC2)nc1NC(=O)C1CCC(c2ccccc2)CC1. The Labute approximate surface area is 172 Å². The molecule has 1 aliphatic heterocycles. The van der Waals surface area contributed by atoms with Crippen LogP contribution in [0.15, 0.2) is 30.3 Å². The van der Waals surface area contributed by atoms with E-state index in [0.29, 0.717) is 17.8 Å². The molecule has 0 spiro atoms. The molecule has 4 rings (SSSR count). The Morgan fingerprint density at radius 3 is 2.39 bits per heavy atom. The number of aryl methyl sites for hydroxylation is 1. The van der Waals surface area contributed by atoms with Crippen LogP contribution >= 0.6 is 12.4 Å². The van der Waals surface area contributed by atoms with Crippen molar-refractivity contribution in [1.82, 2.24) is 20.1 Å². The maximum Gasteiger partial charge on any atom is 0.229 e. The van der Waals surface area contributed by atoms with E-state index in [1.807, 2.05) is 7.05 Å². The maximum atomic E-state index is 12.7. The first-order valence-corrected chi connectivity index (χ1v) is 10.2. The predicted molar refractivity (Wildman–Crippen MR) is 113 cm³/mol. The molecule has 1 amide bonds. The van der Waals surface area contributed by atoms with Crippen LogP contribution in [0, 0.1) is 5.92 Å². The fourth-order valence-electron chi connectivity index (χ4n) is 4.39. The summed E-state index contributed by atoms with van der Waals surface area (Å²) in [5.41, 5.74) is 1.40. The largest absolute Gasteiger partial charge is 0.317 e. The van der Waals surface area contributed by atoms with Gasteiger partial charge in [-0.1, -0.05) is 30.3 Å². The van der Waals surface area contributed by atoms with E-state index >= 15 is 0 Å².